The van der Waals surface area contributed by atoms with Crippen molar-refractivity contribution in [3.63, 3.8) is 0 Å². The maximum Gasteiger partial charge on any atom is 0.260 e. The first-order valence-corrected chi connectivity index (χ1v) is 8.75. The van der Waals surface area contributed by atoms with Gasteiger partial charge in [0.15, 0.2) is 12.4 Å². The number of nitrogens with zero attached hydrogens (tertiary/aromatic N) is 1. The third-order valence-electron chi connectivity index (χ3n) is 4.20. The topological polar surface area (TPSA) is 59.8 Å². The number of hydrogen-bond donors (Lipinski definition) is 0. The molecular formula is C22H20FNO4. The summed E-state index contributed by atoms with van der Waals surface area (Å²) in [6.07, 6.45) is 0. The smallest absolute Gasteiger partial charge is 0.260 e. The van der Waals surface area contributed by atoms with Gasteiger partial charge < -0.3 is 14.1 Å². The van der Waals surface area contributed by atoms with Gasteiger partial charge in [0.1, 0.15) is 23.1 Å². The number of rotatable bonds is 7. The molecule has 28 heavy (non-hydrogen) atoms. The van der Waals surface area contributed by atoms with E-state index in [1.54, 1.807) is 31.3 Å². The molecule has 6 heteroatoms. The minimum absolute atomic E-state index is 0.124. The van der Waals surface area contributed by atoms with Gasteiger partial charge in [-0.3, -0.25) is 9.59 Å². The van der Waals surface area contributed by atoms with Crippen LogP contribution in [0.5, 0.6) is 5.75 Å². The second-order valence-electron chi connectivity index (χ2n) is 6.41. The van der Waals surface area contributed by atoms with Crippen LogP contribution in [-0.2, 0) is 11.3 Å². The van der Waals surface area contributed by atoms with Gasteiger partial charge in [0.2, 0.25) is 0 Å². The van der Waals surface area contributed by atoms with Gasteiger partial charge in [0.05, 0.1) is 6.54 Å². The molecule has 0 aliphatic rings. The number of carbonyl (C=O) groups is 2. The summed E-state index contributed by atoms with van der Waals surface area (Å²) in [5.41, 5.74) is 0.857. The first-order chi connectivity index (χ1) is 13.4. The van der Waals surface area contributed by atoms with E-state index in [1.807, 2.05) is 19.1 Å². The van der Waals surface area contributed by atoms with Crippen molar-refractivity contribution >= 4 is 11.7 Å². The van der Waals surface area contributed by atoms with E-state index >= 15 is 0 Å². The number of benzene rings is 2. The number of aryl methyl sites for hydroxylation is 1. The summed E-state index contributed by atoms with van der Waals surface area (Å²) >= 11 is 0. The molecule has 0 bridgehead atoms. The first kappa shape index (κ1) is 19.4. The molecule has 0 atom stereocenters. The number of likely N-dealkylation sites (N-methyl/N-ethyl adjacent to an activating group) is 1. The van der Waals surface area contributed by atoms with Gasteiger partial charge in [-0.1, -0.05) is 0 Å². The normalized spacial score (nSPS) is 10.5. The van der Waals surface area contributed by atoms with Crippen molar-refractivity contribution in [1.82, 2.24) is 4.90 Å². The van der Waals surface area contributed by atoms with E-state index in [0.29, 0.717) is 29.2 Å². The maximum atomic E-state index is 13.0. The molecule has 0 fully saturated rings. The molecule has 0 unspecified atom stereocenters. The van der Waals surface area contributed by atoms with E-state index in [9.17, 15) is 14.0 Å². The number of furan rings is 1. The van der Waals surface area contributed by atoms with Gasteiger partial charge in [-0.25, -0.2) is 4.39 Å². The molecule has 5 nitrogen and oxygen atoms in total. The van der Waals surface area contributed by atoms with Crippen LogP contribution in [-0.4, -0.2) is 30.2 Å². The third kappa shape index (κ3) is 4.85. The van der Waals surface area contributed by atoms with E-state index in [4.69, 9.17) is 9.15 Å². The van der Waals surface area contributed by atoms with Gasteiger partial charge in [0, 0.05) is 18.2 Å². The Kier molecular flexibility index (Phi) is 5.89. The van der Waals surface area contributed by atoms with Gasteiger partial charge in [-0.2, -0.15) is 0 Å². The van der Waals surface area contributed by atoms with Gasteiger partial charge in [-0.15, -0.1) is 0 Å². The van der Waals surface area contributed by atoms with E-state index in [2.05, 4.69) is 0 Å². The summed E-state index contributed by atoms with van der Waals surface area (Å²) < 4.78 is 23.9. The molecule has 0 aliphatic carbocycles. The molecule has 0 saturated heterocycles. The highest BCUT2D eigenvalue weighted by Crippen LogP contribution is 2.16. The molecule has 0 saturated carbocycles. The lowest BCUT2D eigenvalue weighted by Crippen LogP contribution is -2.30. The number of carbonyl (C=O) groups excluding carboxylic acids is 2. The van der Waals surface area contributed by atoms with Gasteiger partial charge in [-0.05, 0) is 67.6 Å². The summed E-state index contributed by atoms with van der Waals surface area (Å²) in [6.45, 7) is 2.08. The maximum absolute atomic E-state index is 13.0. The van der Waals surface area contributed by atoms with E-state index in [1.165, 1.54) is 29.2 Å². The molecule has 144 valence electrons. The molecule has 0 aliphatic heterocycles. The van der Waals surface area contributed by atoms with Crippen LogP contribution in [0.25, 0.3) is 0 Å². The highest BCUT2D eigenvalue weighted by Gasteiger charge is 2.13. The zero-order chi connectivity index (χ0) is 20.1. The van der Waals surface area contributed by atoms with Crippen LogP contribution in [0.3, 0.4) is 0 Å². The van der Waals surface area contributed by atoms with E-state index in [-0.39, 0.29) is 18.3 Å². The Morgan fingerprint density at radius 1 is 0.964 bits per heavy atom. The quantitative estimate of drug-likeness (QED) is 0.581. The molecule has 3 rings (SSSR count). The Labute approximate surface area is 162 Å². The fourth-order valence-corrected chi connectivity index (χ4v) is 2.62. The lowest BCUT2D eigenvalue weighted by molar-refractivity contribution is -0.132. The SMILES string of the molecule is Cc1ccc(CN(C)C(=O)COc2ccc(C(=O)c3ccc(F)cc3)cc2)o1. The van der Waals surface area contributed by atoms with Crippen LogP contribution < -0.4 is 4.74 Å². The van der Waals surface area contributed by atoms with Gasteiger partial charge in [0.25, 0.3) is 5.91 Å². The lowest BCUT2D eigenvalue weighted by atomic mass is 10.0. The van der Waals surface area contributed by atoms with Crippen molar-refractivity contribution in [2.45, 2.75) is 13.5 Å². The Morgan fingerprint density at radius 3 is 2.14 bits per heavy atom. The number of hydrogen-bond acceptors (Lipinski definition) is 4. The molecule has 1 heterocycles. The van der Waals surface area contributed by atoms with E-state index < -0.39 is 5.82 Å². The monoisotopic (exact) mass is 381 g/mol. The van der Waals surface area contributed by atoms with Crippen molar-refractivity contribution in [3.05, 3.63) is 89.1 Å². The Morgan fingerprint density at radius 2 is 1.57 bits per heavy atom. The molecule has 3 aromatic rings. The second kappa shape index (κ2) is 8.52. The molecular weight excluding hydrogens is 361 g/mol. The Balaban J connectivity index is 1.54. The summed E-state index contributed by atoms with van der Waals surface area (Å²) in [6, 6.07) is 15.5. The van der Waals surface area contributed by atoms with Crippen molar-refractivity contribution in [2.75, 3.05) is 13.7 Å². The van der Waals surface area contributed by atoms with Crippen LogP contribution in [0.2, 0.25) is 0 Å². The van der Waals surface area contributed by atoms with Crippen molar-refractivity contribution in [3.8, 4) is 5.75 Å². The third-order valence-corrected chi connectivity index (χ3v) is 4.20. The predicted molar refractivity (Wildman–Crippen MR) is 102 cm³/mol. The fraction of sp³-hybridized carbons (Fsp3) is 0.182. The minimum atomic E-state index is -0.392. The van der Waals surface area contributed by atoms with Crippen molar-refractivity contribution in [2.24, 2.45) is 0 Å². The number of ketones is 1. The molecule has 0 spiro atoms. The average molecular weight is 381 g/mol. The van der Waals surface area contributed by atoms with Crippen LogP contribution in [0.4, 0.5) is 4.39 Å². The zero-order valence-electron chi connectivity index (χ0n) is 15.6. The molecule has 0 N–H and O–H groups in total. The number of ether oxygens (including phenoxy) is 1. The van der Waals surface area contributed by atoms with Gasteiger partial charge >= 0.3 is 0 Å². The average Bonchev–Trinajstić information content (AvgIpc) is 3.11. The highest BCUT2D eigenvalue weighted by molar-refractivity contribution is 6.09. The Hall–Kier alpha value is -3.41. The predicted octanol–water partition coefficient (Wildman–Crippen LogP) is 4.00. The molecule has 1 aromatic heterocycles. The summed E-state index contributed by atoms with van der Waals surface area (Å²) in [5, 5.41) is 0. The summed E-state index contributed by atoms with van der Waals surface area (Å²) in [4.78, 5) is 26.1. The first-order valence-electron chi connectivity index (χ1n) is 8.75. The van der Waals surface area contributed by atoms with Crippen molar-refractivity contribution in [1.29, 1.82) is 0 Å². The van der Waals surface area contributed by atoms with E-state index in [0.717, 1.165) is 5.76 Å². The number of amides is 1. The fourth-order valence-electron chi connectivity index (χ4n) is 2.62. The molecule has 2 aromatic carbocycles. The number of halogens is 1. The minimum Gasteiger partial charge on any atom is -0.484 e. The summed E-state index contributed by atoms with van der Waals surface area (Å²) in [7, 11) is 1.67. The largest absolute Gasteiger partial charge is 0.484 e. The highest BCUT2D eigenvalue weighted by atomic mass is 19.1. The summed E-state index contributed by atoms with van der Waals surface area (Å²) in [5.74, 6) is 1.18. The molecule has 0 radical (unpaired) electrons. The van der Waals surface area contributed by atoms with Crippen molar-refractivity contribution < 1.29 is 23.1 Å². The Bertz CT molecular complexity index is 961. The zero-order valence-corrected chi connectivity index (χ0v) is 15.6. The second-order valence-corrected chi connectivity index (χ2v) is 6.41. The molecule has 1 amide bonds. The standard InChI is InChI=1S/C22H20FNO4/c1-15-3-10-20(28-15)13-24(2)21(25)14-27-19-11-6-17(7-12-19)22(26)16-4-8-18(23)9-5-16/h3-12H,13-14H2,1-2H3. The van der Waals surface area contributed by atoms with Crippen LogP contribution in [0, 0.1) is 12.7 Å². The lowest BCUT2D eigenvalue weighted by Gasteiger charge is -2.16. The van der Waals surface area contributed by atoms with Crippen LogP contribution in [0.1, 0.15) is 27.4 Å². The van der Waals surface area contributed by atoms with Crippen LogP contribution in [0.15, 0.2) is 65.1 Å². The van der Waals surface area contributed by atoms with Crippen LogP contribution >= 0.6 is 0 Å².